The maximum absolute atomic E-state index is 12.9. The number of pyridine rings is 1. The molecule has 0 unspecified atom stereocenters. The second kappa shape index (κ2) is 9.25. The van der Waals surface area contributed by atoms with Crippen molar-refractivity contribution in [3.05, 3.63) is 111 Å². The van der Waals surface area contributed by atoms with Gasteiger partial charge >= 0.3 is 0 Å². The lowest BCUT2D eigenvalue weighted by Crippen LogP contribution is -2.43. The Kier molecular flexibility index (Phi) is 6.23. The Hall–Kier alpha value is -3.98. The standard InChI is InChI=1S/C27H20ClN3O2/c1-17-10-12-22(26(32)31(29)27(33)25-18(2)6-5-8-23(25)28)15-20(17)13-11-19-14-21-7-3-4-9-24(21)30-16-19/h3-10,12,14-16H,29H2,1-2H3. The second-order valence-electron chi connectivity index (χ2n) is 7.61. The molecule has 1 aromatic heterocycles. The van der Waals surface area contributed by atoms with Crippen LogP contribution in [0.25, 0.3) is 10.9 Å². The van der Waals surface area contributed by atoms with Crippen LogP contribution in [-0.4, -0.2) is 21.8 Å². The first-order chi connectivity index (χ1) is 15.8. The summed E-state index contributed by atoms with van der Waals surface area (Å²) in [5.41, 5.74) is 4.29. The number of hydrogen-bond donors (Lipinski definition) is 1. The fraction of sp³-hybridized carbons (Fsp3) is 0.0741. The van der Waals surface area contributed by atoms with Crippen LogP contribution in [0.15, 0.2) is 72.9 Å². The molecule has 2 amide bonds. The zero-order chi connectivity index (χ0) is 23.5. The molecule has 0 aliphatic rings. The predicted octanol–water partition coefficient (Wildman–Crippen LogP) is 5.06. The minimum Gasteiger partial charge on any atom is -0.267 e. The van der Waals surface area contributed by atoms with E-state index in [1.54, 1.807) is 49.5 Å². The van der Waals surface area contributed by atoms with Crippen molar-refractivity contribution in [2.24, 2.45) is 5.84 Å². The number of carbonyl (C=O) groups excluding carboxylic acids is 2. The first-order valence-electron chi connectivity index (χ1n) is 10.2. The Bertz CT molecular complexity index is 1450. The average Bonchev–Trinajstić information content (AvgIpc) is 2.82. The molecule has 0 saturated heterocycles. The van der Waals surface area contributed by atoms with E-state index >= 15 is 0 Å². The van der Waals surface area contributed by atoms with Crippen LogP contribution in [0.1, 0.15) is 43.0 Å². The number of aryl methyl sites for hydroxylation is 2. The van der Waals surface area contributed by atoms with Crippen LogP contribution in [0.4, 0.5) is 0 Å². The molecule has 1 heterocycles. The molecule has 4 aromatic rings. The van der Waals surface area contributed by atoms with Crippen LogP contribution >= 0.6 is 11.6 Å². The third-order valence-electron chi connectivity index (χ3n) is 5.29. The maximum atomic E-state index is 12.9. The number of halogens is 1. The zero-order valence-electron chi connectivity index (χ0n) is 18.1. The molecule has 0 bridgehead atoms. The van der Waals surface area contributed by atoms with Crippen molar-refractivity contribution < 1.29 is 9.59 Å². The van der Waals surface area contributed by atoms with Crippen LogP contribution in [-0.2, 0) is 0 Å². The smallest absolute Gasteiger partial charge is 0.267 e. The number of para-hydroxylation sites is 1. The molecule has 33 heavy (non-hydrogen) atoms. The van der Waals surface area contributed by atoms with Crippen LogP contribution in [0.2, 0.25) is 5.02 Å². The number of aromatic nitrogens is 1. The molecule has 0 aliphatic carbocycles. The Morgan fingerprint density at radius 3 is 2.48 bits per heavy atom. The molecule has 0 saturated carbocycles. The molecule has 4 rings (SSSR count). The van der Waals surface area contributed by atoms with Crippen LogP contribution < -0.4 is 5.84 Å². The summed E-state index contributed by atoms with van der Waals surface area (Å²) in [7, 11) is 0. The third-order valence-corrected chi connectivity index (χ3v) is 5.60. The molecular weight excluding hydrogens is 434 g/mol. The highest BCUT2D eigenvalue weighted by Gasteiger charge is 2.24. The molecular formula is C27H20ClN3O2. The van der Waals surface area contributed by atoms with Crippen molar-refractivity contribution in [3.63, 3.8) is 0 Å². The minimum atomic E-state index is -0.668. The SMILES string of the molecule is Cc1ccc(C(=O)N(N)C(=O)c2c(C)cccc2Cl)cc1C#Cc1cnc2ccccc2c1. The lowest BCUT2D eigenvalue weighted by atomic mass is 10.0. The molecule has 0 aliphatic heterocycles. The lowest BCUT2D eigenvalue weighted by molar-refractivity contribution is 0.0615. The van der Waals surface area contributed by atoms with Gasteiger partial charge in [-0.25, -0.2) is 10.9 Å². The van der Waals surface area contributed by atoms with Crippen molar-refractivity contribution in [1.29, 1.82) is 0 Å². The summed E-state index contributed by atoms with van der Waals surface area (Å²) in [6, 6.07) is 19.8. The summed E-state index contributed by atoms with van der Waals surface area (Å²) in [6.45, 7) is 3.63. The highest BCUT2D eigenvalue weighted by atomic mass is 35.5. The Labute approximate surface area is 196 Å². The Morgan fingerprint density at radius 2 is 1.70 bits per heavy atom. The van der Waals surface area contributed by atoms with Gasteiger partial charge in [-0.1, -0.05) is 59.8 Å². The Balaban J connectivity index is 1.62. The number of amides is 2. The number of nitrogens with zero attached hydrogens (tertiary/aromatic N) is 2. The first kappa shape index (κ1) is 22.2. The van der Waals surface area contributed by atoms with Gasteiger partial charge in [-0.3, -0.25) is 14.6 Å². The van der Waals surface area contributed by atoms with Crippen molar-refractivity contribution in [2.75, 3.05) is 0 Å². The quantitative estimate of drug-likeness (QED) is 0.151. The van der Waals surface area contributed by atoms with E-state index in [0.29, 0.717) is 16.1 Å². The zero-order valence-corrected chi connectivity index (χ0v) is 18.9. The highest BCUT2D eigenvalue weighted by molar-refractivity contribution is 6.34. The van der Waals surface area contributed by atoms with Gasteiger partial charge in [-0.15, -0.1) is 0 Å². The van der Waals surface area contributed by atoms with Gasteiger partial charge in [0.15, 0.2) is 0 Å². The Morgan fingerprint density at radius 1 is 0.909 bits per heavy atom. The number of benzene rings is 3. The summed E-state index contributed by atoms with van der Waals surface area (Å²) in [5, 5.41) is 1.82. The average molecular weight is 454 g/mol. The first-order valence-corrected chi connectivity index (χ1v) is 10.6. The number of fused-ring (bicyclic) bond motifs is 1. The summed E-state index contributed by atoms with van der Waals surface area (Å²) in [5.74, 6) is 10.8. The van der Waals surface area contributed by atoms with E-state index < -0.39 is 11.8 Å². The van der Waals surface area contributed by atoms with Gasteiger partial charge in [0.1, 0.15) is 0 Å². The summed E-state index contributed by atoms with van der Waals surface area (Å²) in [4.78, 5) is 30.2. The van der Waals surface area contributed by atoms with Gasteiger partial charge in [0, 0.05) is 28.3 Å². The number of rotatable bonds is 2. The molecule has 3 aromatic carbocycles. The fourth-order valence-electron chi connectivity index (χ4n) is 3.42. The van der Waals surface area contributed by atoms with E-state index in [4.69, 9.17) is 17.4 Å². The molecule has 0 radical (unpaired) electrons. The van der Waals surface area contributed by atoms with E-state index in [9.17, 15) is 9.59 Å². The number of hydrazine groups is 1. The normalized spacial score (nSPS) is 10.4. The van der Waals surface area contributed by atoms with Crippen molar-refractivity contribution in [3.8, 4) is 11.8 Å². The van der Waals surface area contributed by atoms with Crippen molar-refractivity contribution in [2.45, 2.75) is 13.8 Å². The topological polar surface area (TPSA) is 76.3 Å². The van der Waals surface area contributed by atoms with Gasteiger partial charge < -0.3 is 0 Å². The van der Waals surface area contributed by atoms with E-state index in [0.717, 1.165) is 22.0 Å². The molecule has 162 valence electrons. The van der Waals surface area contributed by atoms with Gasteiger partial charge in [-0.05, 0) is 55.3 Å². The van der Waals surface area contributed by atoms with E-state index in [1.807, 2.05) is 37.3 Å². The number of hydrogen-bond acceptors (Lipinski definition) is 4. The van der Waals surface area contributed by atoms with Crippen molar-refractivity contribution in [1.82, 2.24) is 9.99 Å². The van der Waals surface area contributed by atoms with E-state index in [-0.39, 0.29) is 16.1 Å². The molecule has 2 N–H and O–H groups in total. The minimum absolute atomic E-state index is 0.200. The van der Waals surface area contributed by atoms with Crippen LogP contribution in [0.5, 0.6) is 0 Å². The number of imide groups is 1. The van der Waals surface area contributed by atoms with Gasteiger partial charge in [0.05, 0.1) is 16.1 Å². The molecule has 6 heteroatoms. The largest absolute Gasteiger partial charge is 0.276 e. The number of carbonyl (C=O) groups is 2. The fourth-order valence-corrected chi connectivity index (χ4v) is 3.73. The maximum Gasteiger partial charge on any atom is 0.276 e. The van der Waals surface area contributed by atoms with Gasteiger partial charge in [-0.2, -0.15) is 0 Å². The summed E-state index contributed by atoms with van der Waals surface area (Å²) in [6.07, 6.45) is 1.71. The monoisotopic (exact) mass is 453 g/mol. The third kappa shape index (κ3) is 4.63. The predicted molar refractivity (Wildman–Crippen MR) is 130 cm³/mol. The lowest BCUT2D eigenvalue weighted by Gasteiger charge is -2.17. The molecule has 0 atom stereocenters. The highest BCUT2D eigenvalue weighted by Crippen LogP contribution is 2.22. The van der Waals surface area contributed by atoms with Crippen LogP contribution in [0, 0.1) is 25.7 Å². The van der Waals surface area contributed by atoms with Gasteiger partial charge in [0.25, 0.3) is 11.8 Å². The number of nitrogens with two attached hydrogens (primary N) is 1. The van der Waals surface area contributed by atoms with E-state index in [1.165, 1.54) is 0 Å². The van der Waals surface area contributed by atoms with Crippen LogP contribution in [0.3, 0.4) is 0 Å². The molecule has 0 fully saturated rings. The molecule has 5 nitrogen and oxygen atoms in total. The molecule has 0 spiro atoms. The van der Waals surface area contributed by atoms with E-state index in [2.05, 4.69) is 16.8 Å². The summed E-state index contributed by atoms with van der Waals surface area (Å²) < 4.78 is 0. The van der Waals surface area contributed by atoms with Gasteiger partial charge in [0.2, 0.25) is 0 Å². The van der Waals surface area contributed by atoms with Crippen molar-refractivity contribution >= 4 is 34.3 Å². The summed E-state index contributed by atoms with van der Waals surface area (Å²) >= 11 is 6.16. The second-order valence-corrected chi connectivity index (χ2v) is 8.02.